The van der Waals surface area contributed by atoms with E-state index < -0.39 is 11.1 Å². The van der Waals surface area contributed by atoms with Gasteiger partial charge in [-0.3, -0.25) is 14.5 Å². The third-order valence-corrected chi connectivity index (χ3v) is 6.16. The molecule has 2 fully saturated rings. The van der Waals surface area contributed by atoms with Crippen LogP contribution in [-0.2, 0) is 26.4 Å². The Bertz CT molecular complexity index is 887. The average Bonchev–Trinajstić information content (AvgIpc) is 2.92. The summed E-state index contributed by atoms with van der Waals surface area (Å²) in [4.78, 5) is 28.8. The molecule has 0 amide bonds. The highest BCUT2D eigenvalue weighted by molar-refractivity contribution is 5.93. The van der Waals surface area contributed by atoms with Crippen LogP contribution in [0.2, 0.25) is 0 Å². The highest BCUT2D eigenvalue weighted by atomic mass is 16.6. The van der Waals surface area contributed by atoms with Crippen molar-refractivity contribution >= 4 is 11.8 Å². The third kappa shape index (κ3) is 3.62. The molecule has 2 heterocycles. The molecular formula is C25H29NO3. The monoisotopic (exact) mass is 391 g/mol. The van der Waals surface area contributed by atoms with Gasteiger partial charge in [0.2, 0.25) is 0 Å². The Morgan fingerprint density at radius 1 is 1.07 bits per heavy atom. The van der Waals surface area contributed by atoms with Crippen LogP contribution in [0, 0.1) is 5.92 Å². The van der Waals surface area contributed by atoms with Crippen LogP contribution < -0.4 is 0 Å². The van der Waals surface area contributed by atoms with E-state index in [4.69, 9.17) is 4.74 Å². The van der Waals surface area contributed by atoms with E-state index >= 15 is 0 Å². The quantitative estimate of drug-likeness (QED) is 0.721. The normalized spacial score (nSPS) is 27.1. The van der Waals surface area contributed by atoms with E-state index in [1.165, 1.54) is 0 Å². The molecule has 2 saturated heterocycles. The summed E-state index contributed by atoms with van der Waals surface area (Å²) < 4.78 is 5.77. The zero-order valence-corrected chi connectivity index (χ0v) is 17.4. The van der Waals surface area contributed by atoms with Gasteiger partial charge in [-0.2, -0.15) is 0 Å². The predicted molar refractivity (Wildman–Crippen MR) is 112 cm³/mol. The molecule has 3 atom stereocenters. The Balaban J connectivity index is 1.77. The lowest BCUT2D eigenvalue weighted by Gasteiger charge is -2.44. The molecule has 4 nitrogen and oxygen atoms in total. The maximum Gasteiger partial charge on any atom is 0.311 e. The number of rotatable bonds is 4. The molecule has 0 saturated carbocycles. The first-order valence-electron chi connectivity index (χ1n) is 10.4. The summed E-state index contributed by atoms with van der Waals surface area (Å²) >= 11 is 0. The molecule has 0 aliphatic carbocycles. The minimum atomic E-state index is -0.762. The standard InChI is InChI=1S/C25H29NO3/c1-24(2,3)29-23(28)20-16-25(19-12-8-5-9-13-19)22(27)15-14-21(20)26(25)17-18-10-6-4-7-11-18/h4-13,20-21H,14-17H2,1-3H3. The molecule has 2 aliphatic rings. The van der Waals surface area contributed by atoms with Crippen LogP contribution in [-0.4, -0.2) is 28.3 Å². The zero-order valence-electron chi connectivity index (χ0n) is 17.4. The molecule has 2 aromatic carbocycles. The maximum absolute atomic E-state index is 13.4. The van der Waals surface area contributed by atoms with E-state index in [1.807, 2.05) is 69.3 Å². The van der Waals surface area contributed by atoms with E-state index in [0.717, 1.165) is 11.1 Å². The summed E-state index contributed by atoms with van der Waals surface area (Å²) in [6.45, 7) is 6.33. The lowest BCUT2D eigenvalue weighted by Crippen LogP contribution is -2.53. The third-order valence-electron chi connectivity index (χ3n) is 6.16. The molecule has 29 heavy (non-hydrogen) atoms. The molecule has 2 aliphatic heterocycles. The molecule has 0 radical (unpaired) electrons. The summed E-state index contributed by atoms with van der Waals surface area (Å²) in [5.74, 6) is -0.278. The van der Waals surface area contributed by atoms with Crippen LogP contribution in [0.5, 0.6) is 0 Å². The van der Waals surface area contributed by atoms with Crippen molar-refractivity contribution in [2.75, 3.05) is 0 Å². The number of piperidine rings is 1. The molecule has 152 valence electrons. The first kappa shape index (κ1) is 19.8. The fraction of sp³-hybridized carbons (Fsp3) is 0.440. The van der Waals surface area contributed by atoms with E-state index in [2.05, 4.69) is 17.0 Å². The summed E-state index contributed by atoms with van der Waals surface area (Å²) in [5.41, 5.74) is 0.831. The van der Waals surface area contributed by atoms with Gasteiger partial charge in [-0.25, -0.2) is 0 Å². The Morgan fingerprint density at radius 3 is 2.31 bits per heavy atom. The van der Waals surface area contributed by atoms with Gasteiger partial charge < -0.3 is 4.74 Å². The molecule has 4 heteroatoms. The number of benzene rings is 2. The number of fused-ring (bicyclic) bond motifs is 2. The van der Waals surface area contributed by atoms with E-state index in [0.29, 0.717) is 25.8 Å². The molecule has 0 N–H and O–H groups in total. The minimum Gasteiger partial charge on any atom is -0.460 e. The van der Waals surface area contributed by atoms with Crippen LogP contribution in [0.15, 0.2) is 60.7 Å². The minimum absolute atomic E-state index is 0.00274. The second kappa shape index (κ2) is 7.42. The fourth-order valence-corrected chi connectivity index (χ4v) is 5.00. The van der Waals surface area contributed by atoms with Gasteiger partial charge in [0.1, 0.15) is 11.1 Å². The van der Waals surface area contributed by atoms with Gasteiger partial charge in [0.25, 0.3) is 0 Å². The lowest BCUT2D eigenvalue weighted by molar-refractivity contribution is -0.161. The number of hydrogen-bond donors (Lipinski definition) is 0. The van der Waals surface area contributed by atoms with Gasteiger partial charge in [-0.15, -0.1) is 0 Å². The van der Waals surface area contributed by atoms with Crippen molar-refractivity contribution in [3.63, 3.8) is 0 Å². The molecule has 2 bridgehead atoms. The Kier molecular flexibility index (Phi) is 5.07. The van der Waals surface area contributed by atoms with Gasteiger partial charge in [0.05, 0.1) is 5.92 Å². The molecule has 0 spiro atoms. The maximum atomic E-state index is 13.4. The first-order chi connectivity index (χ1) is 13.8. The van der Waals surface area contributed by atoms with E-state index in [9.17, 15) is 9.59 Å². The van der Waals surface area contributed by atoms with Crippen molar-refractivity contribution in [3.05, 3.63) is 71.8 Å². The van der Waals surface area contributed by atoms with Crippen LogP contribution in [0.4, 0.5) is 0 Å². The Morgan fingerprint density at radius 2 is 1.69 bits per heavy atom. The Hall–Kier alpha value is -2.46. The SMILES string of the molecule is CC(C)(C)OC(=O)C1CC2(c3ccccc3)C(=O)CCC1N2Cc1ccccc1. The lowest BCUT2D eigenvalue weighted by atomic mass is 9.79. The summed E-state index contributed by atoms with van der Waals surface area (Å²) in [5, 5.41) is 0. The molecule has 4 rings (SSSR count). The zero-order chi connectivity index (χ0) is 20.6. The summed E-state index contributed by atoms with van der Waals surface area (Å²) in [7, 11) is 0. The fourth-order valence-electron chi connectivity index (χ4n) is 5.00. The molecule has 3 unspecified atom stereocenters. The number of hydrogen-bond acceptors (Lipinski definition) is 4. The smallest absolute Gasteiger partial charge is 0.311 e. The highest BCUT2D eigenvalue weighted by Crippen LogP contribution is 2.52. The summed E-state index contributed by atoms with van der Waals surface area (Å²) in [6.07, 6.45) is 1.69. The largest absolute Gasteiger partial charge is 0.460 e. The van der Waals surface area contributed by atoms with Crippen molar-refractivity contribution in [1.29, 1.82) is 0 Å². The van der Waals surface area contributed by atoms with Crippen molar-refractivity contribution in [2.45, 2.75) is 63.8 Å². The average molecular weight is 392 g/mol. The number of carbonyl (C=O) groups is 2. The first-order valence-corrected chi connectivity index (χ1v) is 10.4. The van der Waals surface area contributed by atoms with Crippen molar-refractivity contribution in [3.8, 4) is 0 Å². The molecular weight excluding hydrogens is 362 g/mol. The van der Waals surface area contributed by atoms with Crippen LogP contribution in [0.3, 0.4) is 0 Å². The number of carbonyl (C=O) groups excluding carboxylic acids is 2. The van der Waals surface area contributed by atoms with Gasteiger partial charge in [-0.1, -0.05) is 60.7 Å². The van der Waals surface area contributed by atoms with Crippen molar-refractivity contribution in [2.24, 2.45) is 5.92 Å². The molecule has 0 aromatic heterocycles. The molecule has 2 aromatic rings. The van der Waals surface area contributed by atoms with Gasteiger partial charge >= 0.3 is 5.97 Å². The van der Waals surface area contributed by atoms with E-state index in [1.54, 1.807) is 0 Å². The number of Topliss-reactive ketones (excluding diaryl/α,β-unsaturated/α-hetero) is 1. The van der Waals surface area contributed by atoms with Crippen LogP contribution >= 0.6 is 0 Å². The second-order valence-corrected chi connectivity index (χ2v) is 9.21. The van der Waals surface area contributed by atoms with Gasteiger partial charge in [0, 0.05) is 19.0 Å². The van der Waals surface area contributed by atoms with Crippen molar-refractivity contribution in [1.82, 2.24) is 4.90 Å². The van der Waals surface area contributed by atoms with Crippen LogP contribution in [0.25, 0.3) is 0 Å². The predicted octanol–water partition coefficient (Wildman–Crippen LogP) is 4.48. The number of nitrogens with zero attached hydrogens (tertiary/aromatic N) is 1. The van der Waals surface area contributed by atoms with Gasteiger partial charge in [0.15, 0.2) is 5.78 Å². The van der Waals surface area contributed by atoms with Crippen molar-refractivity contribution < 1.29 is 14.3 Å². The highest BCUT2D eigenvalue weighted by Gasteiger charge is 2.61. The van der Waals surface area contributed by atoms with Crippen LogP contribution in [0.1, 0.15) is 51.2 Å². The number of ketones is 1. The Labute approximate surface area is 172 Å². The topological polar surface area (TPSA) is 46.6 Å². The summed E-state index contributed by atoms with van der Waals surface area (Å²) in [6, 6.07) is 20.2. The number of esters is 1. The number of ether oxygens (including phenoxy) is 1. The van der Waals surface area contributed by atoms with Gasteiger partial charge in [-0.05, 0) is 44.7 Å². The van der Waals surface area contributed by atoms with E-state index in [-0.39, 0.29) is 23.7 Å². The second-order valence-electron chi connectivity index (χ2n) is 9.21.